The summed E-state index contributed by atoms with van der Waals surface area (Å²) in [5.74, 6) is 0.930. The van der Waals surface area contributed by atoms with Crippen LogP contribution in [0.2, 0.25) is 0 Å². The van der Waals surface area contributed by atoms with Crippen LogP contribution in [0.15, 0.2) is 29.1 Å². The van der Waals surface area contributed by atoms with Crippen molar-refractivity contribution in [1.82, 2.24) is 19.8 Å². The highest BCUT2D eigenvalue weighted by atomic mass is 16.2. The third-order valence-corrected chi connectivity index (χ3v) is 4.21. The van der Waals surface area contributed by atoms with Crippen LogP contribution in [0.4, 0.5) is 0 Å². The first-order chi connectivity index (χ1) is 11.0. The second kappa shape index (κ2) is 6.50. The molecule has 1 aliphatic rings. The first-order valence-electron chi connectivity index (χ1n) is 8.03. The smallest absolute Gasteiger partial charge is 0.258 e. The van der Waals surface area contributed by atoms with Gasteiger partial charge in [-0.3, -0.25) is 14.5 Å². The summed E-state index contributed by atoms with van der Waals surface area (Å²) in [6.45, 7) is 7.52. The van der Waals surface area contributed by atoms with E-state index >= 15 is 0 Å². The summed E-state index contributed by atoms with van der Waals surface area (Å²) >= 11 is 0. The molecule has 1 fully saturated rings. The summed E-state index contributed by atoms with van der Waals surface area (Å²) in [5.41, 5.74) is 0.624. The largest absolute Gasteiger partial charge is 0.340 e. The summed E-state index contributed by atoms with van der Waals surface area (Å²) < 4.78 is 0. The lowest BCUT2D eigenvalue weighted by Gasteiger charge is -2.35. The maximum absolute atomic E-state index is 12.1. The molecule has 0 spiro atoms. The van der Waals surface area contributed by atoms with Gasteiger partial charge in [0.05, 0.1) is 17.4 Å². The first kappa shape index (κ1) is 15.7. The molecule has 1 N–H and O–H groups in total. The summed E-state index contributed by atoms with van der Waals surface area (Å²) in [6.07, 6.45) is 0. The highest BCUT2D eigenvalue weighted by Gasteiger charge is 2.23. The normalized spacial score (nSPS) is 16.2. The number of H-pyrrole nitrogens is 1. The molecule has 1 amide bonds. The number of carbonyl (C=O) groups is 1. The topological polar surface area (TPSA) is 69.3 Å². The number of aromatic amines is 1. The van der Waals surface area contributed by atoms with E-state index in [1.165, 1.54) is 0 Å². The van der Waals surface area contributed by atoms with Crippen molar-refractivity contribution in [3.8, 4) is 0 Å². The van der Waals surface area contributed by atoms with E-state index in [0.717, 1.165) is 31.7 Å². The summed E-state index contributed by atoms with van der Waals surface area (Å²) in [7, 11) is 0. The highest BCUT2D eigenvalue weighted by Crippen LogP contribution is 2.10. The van der Waals surface area contributed by atoms with Crippen LogP contribution in [0.25, 0.3) is 10.9 Å². The predicted molar refractivity (Wildman–Crippen MR) is 89.1 cm³/mol. The SMILES string of the molecule is CC(C)C(=O)N1CCN(Cc2nc3ccccc3c(=O)[nH]2)CC1. The van der Waals surface area contributed by atoms with Crippen LogP contribution in [0.3, 0.4) is 0 Å². The molecule has 0 aliphatic carbocycles. The van der Waals surface area contributed by atoms with Gasteiger partial charge in [0.15, 0.2) is 0 Å². The van der Waals surface area contributed by atoms with Gasteiger partial charge >= 0.3 is 0 Å². The average molecular weight is 314 g/mol. The Balaban J connectivity index is 1.67. The Kier molecular flexibility index (Phi) is 4.43. The molecule has 3 rings (SSSR count). The van der Waals surface area contributed by atoms with Crippen LogP contribution < -0.4 is 5.56 Å². The number of benzene rings is 1. The lowest BCUT2D eigenvalue weighted by molar-refractivity contribution is -0.136. The minimum Gasteiger partial charge on any atom is -0.340 e. The number of aromatic nitrogens is 2. The fourth-order valence-corrected chi connectivity index (χ4v) is 2.91. The van der Waals surface area contributed by atoms with Crippen molar-refractivity contribution in [2.24, 2.45) is 5.92 Å². The third-order valence-electron chi connectivity index (χ3n) is 4.21. The summed E-state index contributed by atoms with van der Waals surface area (Å²) in [4.78, 5) is 35.6. The molecule has 1 saturated heterocycles. The van der Waals surface area contributed by atoms with Gasteiger partial charge in [-0.1, -0.05) is 26.0 Å². The van der Waals surface area contributed by atoms with Gasteiger partial charge in [0.25, 0.3) is 5.56 Å². The van der Waals surface area contributed by atoms with Gasteiger partial charge in [-0.25, -0.2) is 4.98 Å². The van der Waals surface area contributed by atoms with Crippen molar-refractivity contribution in [2.75, 3.05) is 26.2 Å². The molecule has 2 heterocycles. The number of amides is 1. The summed E-state index contributed by atoms with van der Waals surface area (Å²) in [5, 5.41) is 0.614. The number of para-hydroxylation sites is 1. The molecule has 6 nitrogen and oxygen atoms in total. The number of piperazine rings is 1. The van der Waals surface area contributed by atoms with Crippen LogP contribution in [0.5, 0.6) is 0 Å². The Morgan fingerprint density at radius 2 is 1.91 bits per heavy atom. The number of hydrogen-bond donors (Lipinski definition) is 1. The molecular weight excluding hydrogens is 292 g/mol. The van der Waals surface area contributed by atoms with Gasteiger partial charge in [0.2, 0.25) is 5.91 Å². The van der Waals surface area contributed by atoms with Crippen LogP contribution in [0, 0.1) is 5.92 Å². The predicted octanol–water partition coefficient (Wildman–Crippen LogP) is 1.22. The quantitative estimate of drug-likeness (QED) is 0.925. The molecule has 1 aromatic carbocycles. The molecule has 1 aliphatic heterocycles. The summed E-state index contributed by atoms with van der Waals surface area (Å²) in [6, 6.07) is 7.35. The molecule has 2 aromatic rings. The second-order valence-electron chi connectivity index (χ2n) is 6.29. The van der Waals surface area contributed by atoms with E-state index in [-0.39, 0.29) is 17.4 Å². The monoisotopic (exact) mass is 314 g/mol. The Hall–Kier alpha value is -2.21. The Morgan fingerprint density at radius 3 is 2.61 bits per heavy atom. The van der Waals surface area contributed by atoms with Crippen LogP contribution >= 0.6 is 0 Å². The molecule has 1 aromatic heterocycles. The van der Waals surface area contributed by atoms with Gasteiger partial charge < -0.3 is 9.88 Å². The molecule has 0 unspecified atom stereocenters. The van der Waals surface area contributed by atoms with Crippen molar-refractivity contribution in [3.05, 3.63) is 40.4 Å². The Morgan fingerprint density at radius 1 is 1.22 bits per heavy atom. The lowest BCUT2D eigenvalue weighted by atomic mass is 10.1. The van der Waals surface area contributed by atoms with E-state index in [9.17, 15) is 9.59 Å². The van der Waals surface area contributed by atoms with Gasteiger partial charge in [-0.15, -0.1) is 0 Å². The average Bonchev–Trinajstić information content (AvgIpc) is 2.55. The zero-order chi connectivity index (χ0) is 16.4. The molecular formula is C17H22N4O2. The molecule has 23 heavy (non-hydrogen) atoms. The van der Waals surface area contributed by atoms with Crippen molar-refractivity contribution in [1.29, 1.82) is 0 Å². The van der Waals surface area contributed by atoms with Crippen LogP contribution in [-0.2, 0) is 11.3 Å². The number of hydrogen-bond acceptors (Lipinski definition) is 4. The Bertz CT molecular complexity index is 761. The molecule has 0 saturated carbocycles. The number of nitrogens with zero attached hydrogens (tertiary/aromatic N) is 3. The van der Waals surface area contributed by atoms with E-state index < -0.39 is 0 Å². The van der Waals surface area contributed by atoms with E-state index in [1.54, 1.807) is 6.07 Å². The highest BCUT2D eigenvalue weighted by molar-refractivity contribution is 5.78. The number of nitrogens with one attached hydrogen (secondary N) is 1. The fourth-order valence-electron chi connectivity index (χ4n) is 2.91. The van der Waals surface area contributed by atoms with Crippen molar-refractivity contribution < 1.29 is 4.79 Å². The molecule has 0 radical (unpaired) electrons. The van der Waals surface area contributed by atoms with Crippen molar-refractivity contribution >= 4 is 16.8 Å². The van der Waals surface area contributed by atoms with E-state index in [1.807, 2.05) is 36.9 Å². The van der Waals surface area contributed by atoms with Crippen molar-refractivity contribution in [2.45, 2.75) is 20.4 Å². The number of rotatable bonds is 3. The van der Waals surface area contributed by atoms with E-state index in [2.05, 4.69) is 14.9 Å². The Labute approximate surface area is 135 Å². The zero-order valence-corrected chi connectivity index (χ0v) is 13.6. The van der Waals surface area contributed by atoms with Gasteiger partial charge in [-0.2, -0.15) is 0 Å². The fraction of sp³-hybridized carbons (Fsp3) is 0.471. The van der Waals surface area contributed by atoms with Crippen LogP contribution in [-0.4, -0.2) is 51.9 Å². The minimum absolute atomic E-state index is 0.0417. The maximum Gasteiger partial charge on any atom is 0.258 e. The lowest BCUT2D eigenvalue weighted by Crippen LogP contribution is -2.49. The van der Waals surface area contributed by atoms with E-state index in [0.29, 0.717) is 17.8 Å². The molecule has 0 bridgehead atoms. The standard InChI is InChI=1S/C17H22N4O2/c1-12(2)17(23)21-9-7-20(8-10-21)11-15-18-14-6-4-3-5-13(14)16(22)19-15/h3-6,12H,7-11H2,1-2H3,(H,18,19,22). The number of carbonyl (C=O) groups excluding carboxylic acids is 1. The molecule has 6 heteroatoms. The van der Waals surface area contributed by atoms with Gasteiger partial charge in [-0.05, 0) is 12.1 Å². The second-order valence-corrected chi connectivity index (χ2v) is 6.29. The number of fused-ring (bicyclic) bond motifs is 1. The molecule has 122 valence electrons. The van der Waals surface area contributed by atoms with Crippen molar-refractivity contribution in [3.63, 3.8) is 0 Å². The van der Waals surface area contributed by atoms with Crippen LogP contribution in [0.1, 0.15) is 19.7 Å². The van der Waals surface area contributed by atoms with Gasteiger partial charge in [0, 0.05) is 32.1 Å². The molecule has 0 atom stereocenters. The van der Waals surface area contributed by atoms with Gasteiger partial charge in [0.1, 0.15) is 5.82 Å². The van der Waals surface area contributed by atoms with E-state index in [4.69, 9.17) is 0 Å². The zero-order valence-electron chi connectivity index (χ0n) is 13.6. The first-order valence-corrected chi connectivity index (χ1v) is 8.03. The minimum atomic E-state index is -0.0979. The third kappa shape index (κ3) is 3.42. The maximum atomic E-state index is 12.1.